The van der Waals surface area contributed by atoms with Crippen molar-refractivity contribution in [2.75, 3.05) is 10.6 Å². The highest BCUT2D eigenvalue weighted by atomic mass is 35.5. The smallest absolute Gasteiger partial charge is 0.233 e. The van der Waals surface area contributed by atoms with Crippen molar-refractivity contribution in [2.24, 2.45) is 0 Å². The van der Waals surface area contributed by atoms with E-state index in [9.17, 15) is 14.0 Å². The summed E-state index contributed by atoms with van der Waals surface area (Å²) in [4.78, 5) is 23.5. The van der Waals surface area contributed by atoms with E-state index in [1.54, 1.807) is 24.3 Å². The number of halogens is 3. The first-order chi connectivity index (χ1) is 10.5. The van der Waals surface area contributed by atoms with Crippen LogP contribution in [-0.4, -0.2) is 11.8 Å². The highest BCUT2D eigenvalue weighted by molar-refractivity contribution is 6.44. The van der Waals surface area contributed by atoms with Gasteiger partial charge in [0.25, 0.3) is 0 Å². The molecule has 0 fully saturated rings. The molecule has 0 saturated carbocycles. The van der Waals surface area contributed by atoms with Crippen molar-refractivity contribution < 1.29 is 14.0 Å². The topological polar surface area (TPSA) is 58.2 Å². The highest BCUT2D eigenvalue weighted by Gasteiger charge is 2.13. The Labute approximate surface area is 136 Å². The number of nitrogens with one attached hydrogen (secondary N) is 2. The van der Waals surface area contributed by atoms with Crippen molar-refractivity contribution in [3.63, 3.8) is 0 Å². The third-order valence-electron chi connectivity index (χ3n) is 2.69. The second kappa shape index (κ2) is 7.24. The molecule has 0 saturated heterocycles. The van der Waals surface area contributed by atoms with Gasteiger partial charge >= 0.3 is 0 Å². The Morgan fingerprint density at radius 2 is 1.50 bits per heavy atom. The number of carbonyl (C=O) groups is 2. The summed E-state index contributed by atoms with van der Waals surface area (Å²) in [5.41, 5.74) is 0.318. The van der Waals surface area contributed by atoms with Crippen molar-refractivity contribution in [2.45, 2.75) is 6.42 Å². The summed E-state index contributed by atoms with van der Waals surface area (Å²) in [6.07, 6.45) is -0.475. The number of hydrogen-bond acceptors (Lipinski definition) is 2. The zero-order valence-corrected chi connectivity index (χ0v) is 12.7. The summed E-state index contributed by atoms with van der Waals surface area (Å²) in [5.74, 6) is -1.80. The minimum Gasteiger partial charge on any atom is -0.324 e. The average Bonchev–Trinajstić information content (AvgIpc) is 2.46. The molecule has 0 aromatic heterocycles. The van der Waals surface area contributed by atoms with Crippen molar-refractivity contribution in [1.29, 1.82) is 0 Å². The van der Waals surface area contributed by atoms with Gasteiger partial charge in [-0.25, -0.2) is 4.39 Å². The summed E-state index contributed by atoms with van der Waals surface area (Å²) in [7, 11) is 0. The normalized spacial score (nSPS) is 10.1. The number of anilines is 2. The van der Waals surface area contributed by atoms with Crippen molar-refractivity contribution in [3.8, 4) is 0 Å². The van der Waals surface area contributed by atoms with Crippen LogP contribution in [0.1, 0.15) is 6.42 Å². The van der Waals surface area contributed by atoms with Crippen LogP contribution in [0.3, 0.4) is 0 Å². The van der Waals surface area contributed by atoms with Crippen molar-refractivity contribution in [3.05, 3.63) is 58.3 Å². The van der Waals surface area contributed by atoms with E-state index in [2.05, 4.69) is 10.6 Å². The van der Waals surface area contributed by atoms with Gasteiger partial charge in [0.05, 0.1) is 21.4 Å². The van der Waals surface area contributed by atoms with Crippen LogP contribution >= 0.6 is 23.2 Å². The second-order valence-corrected chi connectivity index (χ2v) is 5.14. The van der Waals surface area contributed by atoms with Gasteiger partial charge in [0.2, 0.25) is 11.8 Å². The van der Waals surface area contributed by atoms with E-state index >= 15 is 0 Å². The number of rotatable bonds is 4. The fraction of sp³-hybridized carbons (Fsp3) is 0.0667. The lowest BCUT2D eigenvalue weighted by atomic mass is 10.2. The zero-order chi connectivity index (χ0) is 16.1. The van der Waals surface area contributed by atoms with Crippen molar-refractivity contribution in [1.82, 2.24) is 0 Å². The molecule has 0 bridgehead atoms. The van der Waals surface area contributed by atoms with Crippen LogP contribution in [0.15, 0.2) is 42.5 Å². The van der Waals surface area contributed by atoms with Gasteiger partial charge in [0, 0.05) is 0 Å². The summed E-state index contributed by atoms with van der Waals surface area (Å²) in [6.45, 7) is 0. The molecule has 0 aliphatic heterocycles. The minimum atomic E-state index is -0.638. The van der Waals surface area contributed by atoms with Gasteiger partial charge in [-0.05, 0) is 24.3 Å². The van der Waals surface area contributed by atoms with Gasteiger partial charge in [-0.2, -0.15) is 0 Å². The molecule has 0 aliphatic rings. The van der Waals surface area contributed by atoms with E-state index < -0.39 is 24.1 Å². The molecule has 0 radical (unpaired) electrons. The molecule has 22 heavy (non-hydrogen) atoms. The third kappa shape index (κ3) is 4.19. The Morgan fingerprint density at radius 1 is 0.909 bits per heavy atom. The number of carbonyl (C=O) groups excluding carboxylic acids is 2. The molecule has 0 heterocycles. The van der Waals surface area contributed by atoms with Gasteiger partial charge in [-0.3, -0.25) is 9.59 Å². The van der Waals surface area contributed by atoms with Crippen LogP contribution in [0.25, 0.3) is 0 Å². The largest absolute Gasteiger partial charge is 0.324 e. The summed E-state index contributed by atoms with van der Waals surface area (Å²) < 4.78 is 13.4. The molecule has 2 aromatic carbocycles. The molecule has 7 heteroatoms. The number of para-hydroxylation sites is 1. The molecule has 0 unspecified atom stereocenters. The molecular formula is C15H11Cl2FN2O2. The van der Waals surface area contributed by atoms with E-state index in [0.717, 1.165) is 0 Å². The number of amides is 2. The third-order valence-corrected chi connectivity index (χ3v) is 3.51. The molecule has 2 N–H and O–H groups in total. The monoisotopic (exact) mass is 340 g/mol. The molecule has 114 valence electrons. The van der Waals surface area contributed by atoms with Crippen LogP contribution in [0.4, 0.5) is 15.8 Å². The predicted octanol–water partition coefficient (Wildman–Crippen LogP) is 4.10. The van der Waals surface area contributed by atoms with E-state index in [1.807, 2.05) is 0 Å². The maximum Gasteiger partial charge on any atom is 0.233 e. The molecule has 0 spiro atoms. The van der Waals surface area contributed by atoms with Gasteiger partial charge < -0.3 is 10.6 Å². The molecule has 0 atom stereocenters. The fourth-order valence-electron chi connectivity index (χ4n) is 1.70. The predicted molar refractivity (Wildman–Crippen MR) is 84.7 cm³/mol. The van der Waals surface area contributed by atoms with Crippen LogP contribution in [-0.2, 0) is 9.59 Å². The van der Waals surface area contributed by atoms with E-state index in [4.69, 9.17) is 23.2 Å². The van der Waals surface area contributed by atoms with Crippen LogP contribution in [0, 0.1) is 5.82 Å². The van der Waals surface area contributed by atoms with E-state index in [1.165, 1.54) is 18.2 Å². The van der Waals surface area contributed by atoms with Crippen LogP contribution < -0.4 is 10.6 Å². The maximum absolute atomic E-state index is 13.4. The van der Waals surface area contributed by atoms with Crippen LogP contribution in [0.5, 0.6) is 0 Å². The van der Waals surface area contributed by atoms with Crippen molar-refractivity contribution >= 4 is 46.4 Å². The number of benzene rings is 2. The second-order valence-electron chi connectivity index (χ2n) is 4.35. The van der Waals surface area contributed by atoms with Crippen LogP contribution in [0.2, 0.25) is 10.0 Å². The Bertz CT molecular complexity index is 722. The molecule has 4 nitrogen and oxygen atoms in total. The number of hydrogen-bond donors (Lipinski definition) is 2. The molecule has 2 rings (SSSR count). The lowest BCUT2D eigenvalue weighted by molar-refractivity contribution is -0.123. The van der Waals surface area contributed by atoms with Gasteiger partial charge in [0.15, 0.2) is 0 Å². The standard InChI is InChI=1S/C15H11Cl2FN2O2/c16-9-4-3-7-12(15(9)17)20-14(22)8-13(21)19-11-6-2-1-5-10(11)18/h1-7H,8H2,(H,19,21)(H,20,22). The first-order valence-corrected chi connectivity index (χ1v) is 7.01. The highest BCUT2D eigenvalue weighted by Crippen LogP contribution is 2.29. The Kier molecular flexibility index (Phi) is 5.35. The first-order valence-electron chi connectivity index (χ1n) is 6.25. The molecular weight excluding hydrogens is 330 g/mol. The summed E-state index contributed by atoms with van der Waals surface area (Å²) in [5, 5.41) is 5.27. The van der Waals surface area contributed by atoms with Gasteiger partial charge in [-0.15, -0.1) is 0 Å². The summed E-state index contributed by atoms with van der Waals surface area (Å²) in [6, 6.07) is 10.4. The van der Waals surface area contributed by atoms with E-state index in [0.29, 0.717) is 5.69 Å². The average molecular weight is 341 g/mol. The van der Waals surface area contributed by atoms with E-state index in [-0.39, 0.29) is 15.7 Å². The maximum atomic E-state index is 13.4. The van der Waals surface area contributed by atoms with Gasteiger partial charge in [0.1, 0.15) is 12.2 Å². The quantitative estimate of drug-likeness (QED) is 0.823. The SMILES string of the molecule is O=C(CC(=O)Nc1cccc(Cl)c1Cl)Nc1ccccc1F. The summed E-state index contributed by atoms with van der Waals surface area (Å²) >= 11 is 11.8. The van der Waals surface area contributed by atoms with Gasteiger partial charge in [-0.1, -0.05) is 41.4 Å². The molecule has 2 aromatic rings. The molecule has 2 amide bonds. The molecule has 0 aliphatic carbocycles. The minimum absolute atomic E-state index is 0.0149. The Hall–Kier alpha value is -2.11. The Balaban J connectivity index is 1.96. The lowest BCUT2D eigenvalue weighted by Gasteiger charge is -2.09. The zero-order valence-electron chi connectivity index (χ0n) is 11.2. The Morgan fingerprint density at radius 3 is 2.18 bits per heavy atom. The lowest BCUT2D eigenvalue weighted by Crippen LogP contribution is -2.22. The fourth-order valence-corrected chi connectivity index (χ4v) is 2.05. The first kappa shape index (κ1) is 16.3.